The summed E-state index contributed by atoms with van der Waals surface area (Å²) in [5.41, 5.74) is 0. The summed E-state index contributed by atoms with van der Waals surface area (Å²) in [4.78, 5) is 20.2. The Morgan fingerprint density at radius 2 is 0.958 bits per heavy atom. The van der Waals surface area contributed by atoms with Gasteiger partial charge in [-0.2, -0.15) is 0 Å². The van der Waals surface area contributed by atoms with Crippen molar-refractivity contribution in [1.29, 1.82) is 0 Å². The van der Waals surface area contributed by atoms with Crippen LogP contribution in [0.25, 0.3) is 0 Å². The molecule has 2 N–H and O–H groups in total. The Bertz CT molecular complexity index is 269. The van der Waals surface area contributed by atoms with Gasteiger partial charge in [0.15, 0.2) is 0 Å². The highest BCUT2D eigenvalue weighted by atomic mass is 16.4. The van der Waals surface area contributed by atoms with Crippen LogP contribution in [0.2, 0.25) is 0 Å². The number of aliphatic carboxylic acids is 2. The normalized spacial score (nSPS) is 10.3. The second-order valence-corrected chi connectivity index (χ2v) is 6.67. The lowest BCUT2D eigenvalue weighted by Crippen LogP contribution is -2.13. The van der Waals surface area contributed by atoms with E-state index in [1.165, 1.54) is 64.2 Å². The molecule has 4 heteroatoms. The van der Waals surface area contributed by atoms with E-state index in [-0.39, 0.29) is 5.92 Å². The molecule has 0 unspecified atom stereocenters. The standard InChI is InChI=1S/C18H36O2.C2H4O2/c1-3-5-7-9-11-13-15-17(18(19)20)16-14-12-10-8-6-4-2;1-2(3)4/h17H,3-16H2,1-2H3,(H,19,20);1H3,(H,3,4). The summed E-state index contributed by atoms with van der Waals surface area (Å²) in [6.45, 7) is 5.53. The van der Waals surface area contributed by atoms with Crippen LogP contribution in [0, 0.1) is 5.92 Å². The molecule has 0 aromatic heterocycles. The molecule has 0 fully saturated rings. The number of hydrogen-bond donors (Lipinski definition) is 2. The van der Waals surface area contributed by atoms with E-state index < -0.39 is 11.9 Å². The van der Waals surface area contributed by atoms with E-state index in [4.69, 9.17) is 9.90 Å². The number of carbonyl (C=O) groups is 2. The summed E-state index contributed by atoms with van der Waals surface area (Å²) < 4.78 is 0. The predicted molar refractivity (Wildman–Crippen MR) is 100 cm³/mol. The van der Waals surface area contributed by atoms with Gasteiger partial charge in [-0.05, 0) is 12.8 Å². The van der Waals surface area contributed by atoms with Crippen LogP contribution >= 0.6 is 0 Å². The van der Waals surface area contributed by atoms with Crippen LogP contribution in [-0.4, -0.2) is 22.2 Å². The van der Waals surface area contributed by atoms with E-state index in [2.05, 4.69) is 13.8 Å². The number of rotatable bonds is 15. The maximum Gasteiger partial charge on any atom is 0.306 e. The second-order valence-electron chi connectivity index (χ2n) is 6.67. The number of hydrogen-bond acceptors (Lipinski definition) is 2. The molecule has 0 amide bonds. The van der Waals surface area contributed by atoms with E-state index in [1.54, 1.807) is 0 Å². The van der Waals surface area contributed by atoms with E-state index in [1.807, 2.05) is 0 Å². The van der Waals surface area contributed by atoms with Crippen molar-refractivity contribution >= 4 is 11.9 Å². The van der Waals surface area contributed by atoms with Gasteiger partial charge in [0.25, 0.3) is 5.97 Å². The van der Waals surface area contributed by atoms with Crippen LogP contribution in [0.15, 0.2) is 0 Å². The number of carboxylic acids is 2. The van der Waals surface area contributed by atoms with Gasteiger partial charge >= 0.3 is 5.97 Å². The van der Waals surface area contributed by atoms with E-state index in [0.717, 1.165) is 32.6 Å². The summed E-state index contributed by atoms with van der Waals surface area (Å²) in [5.74, 6) is -1.50. The SMILES string of the molecule is CC(=O)O.CCCCCCCCC(CCCCCCCC)C(=O)O. The maximum absolute atomic E-state index is 11.2. The molecule has 144 valence electrons. The Balaban J connectivity index is 0. The zero-order valence-corrected chi connectivity index (χ0v) is 16.2. The highest BCUT2D eigenvalue weighted by molar-refractivity contribution is 5.69. The Kier molecular flexibility index (Phi) is 21.0. The van der Waals surface area contributed by atoms with Crippen molar-refractivity contribution in [2.24, 2.45) is 5.92 Å². The molecule has 0 radical (unpaired) electrons. The van der Waals surface area contributed by atoms with Crippen molar-refractivity contribution in [1.82, 2.24) is 0 Å². The van der Waals surface area contributed by atoms with Crippen LogP contribution in [0.1, 0.15) is 111 Å². The highest BCUT2D eigenvalue weighted by Gasteiger charge is 2.16. The molecule has 0 saturated carbocycles. The Labute approximate surface area is 149 Å². The van der Waals surface area contributed by atoms with Crippen LogP contribution in [0.3, 0.4) is 0 Å². The van der Waals surface area contributed by atoms with Crippen LogP contribution in [-0.2, 0) is 9.59 Å². The van der Waals surface area contributed by atoms with Crippen molar-refractivity contribution < 1.29 is 19.8 Å². The zero-order valence-electron chi connectivity index (χ0n) is 16.2. The average Bonchev–Trinajstić information content (AvgIpc) is 2.51. The summed E-state index contributed by atoms with van der Waals surface area (Å²) in [6, 6.07) is 0. The summed E-state index contributed by atoms with van der Waals surface area (Å²) in [6.07, 6.45) is 16.7. The van der Waals surface area contributed by atoms with Gasteiger partial charge < -0.3 is 10.2 Å². The van der Waals surface area contributed by atoms with E-state index in [0.29, 0.717) is 0 Å². The predicted octanol–water partition coefficient (Wildman–Crippen LogP) is 6.28. The first kappa shape index (κ1) is 25.2. The molecule has 0 heterocycles. The molecular weight excluding hydrogens is 304 g/mol. The minimum absolute atomic E-state index is 0.0904. The second kappa shape index (κ2) is 20.0. The molecule has 0 aliphatic carbocycles. The number of unbranched alkanes of at least 4 members (excludes halogenated alkanes) is 10. The van der Waals surface area contributed by atoms with Crippen molar-refractivity contribution in [3.8, 4) is 0 Å². The lowest BCUT2D eigenvalue weighted by molar-refractivity contribution is -0.142. The maximum atomic E-state index is 11.2. The van der Waals surface area contributed by atoms with Gasteiger partial charge in [0.05, 0.1) is 5.92 Å². The van der Waals surface area contributed by atoms with Crippen molar-refractivity contribution in [3.63, 3.8) is 0 Å². The fourth-order valence-corrected chi connectivity index (χ4v) is 2.73. The third kappa shape index (κ3) is 23.2. The van der Waals surface area contributed by atoms with Crippen molar-refractivity contribution in [3.05, 3.63) is 0 Å². The number of carboxylic acid groups (broad SMARTS) is 2. The summed E-state index contributed by atoms with van der Waals surface area (Å²) in [7, 11) is 0. The Morgan fingerprint density at radius 3 is 1.25 bits per heavy atom. The fourth-order valence-electron chi connectivity index (χ4n) is 2.73. The molecule has 24 heavy (non-hydrogen) atoms. The molecule has 0 rings (SSSR count). The largest absolute Gasteiger partial charge is 0.481 e. The quantitative estimate of drug-likeness (QED) is 0.343. The molecule has 0 saturated heterocycles. The molecule has 0 spiro atoms. The Hall–Kier alpha value is -1.06. The van der Waals surface area contributed by atoms with Gasteiger partial charge in [0, 0.05) is 6.92 Å². The lowest BCUT2D eigenvalue weighted by atomic mass is 9.94. The summed E-state index contributed by atoms with van der Waals surface area (Å²) >= 11 is 0. The molecule has 4 nitrogen and oxygen atoms in total. The van der Waals surface area contributed by atoms with Gasteiger partial charge in [-0.3, -0.25) is 9.59 Å². The first-order valence-corrected chi connectivity index (χ1v) is 9.87. The van der Waals surface area contributed by atoms with Gasteiger partial charge in [-0.25, -0.2) is 0 Å². The zero-order chi connectivity index (χ0) is 18.6. The molecule has 0 aliphatic heterocycles. The van der Waals surface area contributed by atoms with Crippen molar-refractivity contribution in [2.45, 2.75) is 111 Å². The smallest absolute Gasteiger partial charge is 0.306 e. The minimum atomic E-state index is -0.833. The topological polar surface area (TPSA) is 74.6 Å². The minimum Gasteiger partial charge on any atom is -0.481 e. The van der Waals surface area contributed by atoms with Crippen LogP contribution in [0.5, 0.6) is 0 Å². The highest BCUT2D eigenvalue weighted by Crippen LogP contribution is 2.19. The average molecular weight is 345 g/mol. The third-order valence-electron chi connectivity index (χ3n) is 4.16. The lowest BCUT2D eigenvalue weighted by Gasteiger charge is -2.12. The van der Waals surface area contributed by atoms with Crippen molar-refractivity contribution in [2.75, 3.05) is 0 Å². The van der Waals surface area contributed by atoms with Gasteiger partial charge in [0.2, 0.25) is 0 Å². The van der Waals surface area contributed by atoms with E-state index in [9.17, 15) is 9.90 Å². The third-order valence-corrected chi connectivity index (χ3v) is 4.16. The molecule has 0 aromatic rings. The first-order valence-electron chi connectivity index (χ1n) is 9.87. The molecule has 0 aromatic carbocycles. The van der Waals surface area contributed by atoms with Crippen LogP contribution in [0.4, 0.5) is 0 Å². The molecular formula is C20H40O4. The van der Waals surface area contributed by atoms with Gasteiger partial charge in [-0.1, -0.05) is 90.9 Å². The Morgan fingerprint density at radius 1 is 0.667 bits per heavy atom. The molecule has 0 bridgehead atoms. The molecule has 0 atom stereocenters. The van der Waals surface area contributed by atoms with Crippen LogP contribution < -0.4 is 0 Å². The first-order chi connectivity index (χ1) is 11.5. The molecule has 0 aliphatic rings. The van der Waals surface area contributed by atoms with E-state index >= 15 is 0 Å². The van der Waals surface area contributed by atoms with Gasteiger partial charge in [0.1, 0.15) is 0 Å². The fraction of sp³-hybridized carbons (Fsp3) is 0.900. The monoisotopic (exact) mass is 344 g/mol. The summed E-state index contributed by atoms with van der Waals surface area (Å²) in [5, 5.41) is 16.7. The van der Waals surface area contributed by atoms with Gasteiger partial charge in [-0.15, -0.1) is 0 Å².